The standard InChI is InChI=1S/C17H23N3O2S/c1-12(4-5-14-6-8-15(22-3)9-7-14)20-17(21)18-10-16-19-13(2)11-23-16/h6-9,11-12H,4-5,10H2,1-3H3,(H2,18,20,21). The highest BCUT2D eigenvalue weighted by molar-refractivity contribution is 7.09. The van der Waals surface area contributed by atoms with Gasteiger partial charge in [0.15, 0.2) is 0 Å². The SMILES string of the molecule is COc1ccc(CCC(C)NC(=O)NCc2nc(C)cs2)cc1. The van der Waals surface area contributed by atoms with Crippen LogP contribution in [-0.2, 0) is 13.0 Å². The van der Waals surface area contributed by atoms with Gasteiger partial charge in [0.2, 0.25) is 0 Å². The fourth-order valence-electron chi connectivity index (χ4n) is 2.16. The van der Waals surface area contributed by atoms with Crippen LogP contribution >= 0.6 is 11.3 Å². The van der Waals surface area contributed by atoms with E-state index in [4.69, 9.17) is 4.74 Å². The molecule has 1 aromatic carbocycles. The van der Waals surface area contributed by atoms with Crippen LogP contribution in [0.1, 0.15) is 29.6 Å². The number of carbonyl (C=O) groups excluding carboxylic acids is 1. The summed E-state index contributed by atoms with van der Waals surface area (Å²) in [6, 6.07) is 7.97. The van der Waals surface area contributed by atoms with Crippen LogP contribution in [0.3, 0.4) is 0 Å². The van der Waals surface area contributed by atoms with Crippen molar-refractivity contribution in [3.63, 3.8) is 0 Å². The summed E-state index contributed by atoms with van der Waals surface area (Å²) in [6.07, 6.45) is 1.80. The predicted molar refractivity (Wildman–Crippen MR) is 93.0 cm³/mol. The van der Waals surface area contributed by atoms with E-state index in [9.17, 15) is 4.79 Å². The molecule has 124 valence electrons. The third-order valence-corrected chi connectivity index (χ3v) is 4.44. The Morgan fingerprint density at radius 3 is 2.70 bits per heavy atom. The van der Waals surface area contributed by atoms with Gasteiger partial charge in [-0.15, -0.1) is 11.3 Å². The zero-order valence-electron chi connectivity index (χ0n) is 13.8. The number of rotatable bonds is 7. The van der Waals surface area contributed by atoms with Crippen molar-refractivity contribution in [2.24, 2.45) is 0 Å². The predicted octanol–water partition coefficient (Wildman–Crippen LogP) is 3.28. The van der Waals surface area contributed by atoms with Crippen LogP contribution in [-0.4, -0.2) is 24.2 Å². The van der Waals surface area contributed by atoms with Gasteiger partial charge in [-0.05, 0) is 44.4 Å². The monoisotopic (exact) mass is 333 g/mol. The normalized spacial score (nSPS) is 11.8. The number of nitrogens with zero attached hydrogens (tertiary/aromatic N) is 1. The van der Waals surface area contributed by atoms with E-state index in [1.54, 1.807) is 18.4 Å². The van der Waals surface area contributed by atoms with Gasteiger partial charge in [-0.3, -0.25) is 0 Å². The molecule has 6 heteroatoms. The molecule has 23 heavy (non-hydrogen) atoms. The highest BCUT2D eigenvalue weighted by Crippen LogP contribution is 2.13. The van der Waals surface area contributed by atoms with E-state index in [1.165, 1.54) is 5.56 Å². The van der Waals surface area contributed by atoms with E-state index in [0.29, 0.717) is 6.54 Å². The molecule has 1 heterocycles. The minimum Gasteiger partial charge on any atom is -0.497 e. The Morgan fingerprint density at radius 1 is 1.35 bits per heavy atom. The third kappa shape index (κ3) is 5.90. The molecular weight excluding hydrogens is 310 g/mol. The van der Waals surface area contributed by atoms with E-state index in [2.05, 4.69) is 27.8 Å². The Labute approximate surface area is 141 Å². The maximum atomic E-state index is 11.9. The molecular formula is C17H23N3O2S. The van der Waals surface area contributed by atoms with Crippen molar-refractivity contribution in [2.75, 3.05) is 7.11 Å². The Hall–Kier alpha value is -2.08. The molecule has 0 bridgehead atoms. The number of nitrogens with one attached hydrogen (secondary N) is 2. The number of methoxy groups -OCH3 is 1. The number of aromatic nitrogens is 1. The summed E-state index contributed by atoms with van der Waals surface area (Å²) in [5.74, 6) is 0.858. The fraction of sp³-hybridized carbons (Fsp3) is 0.412. The minimum absolute atomic E-state index is 0.107. The smallest absolute Gasteiger partial charge is 0.315 e. The lowest BCUT2D eigenvalue weighted by atomic mass is 10.1. The lowest BCUT2D eigenvalue weighted by molar-refractivity contribution is 0.237. The van der Waals surface area contributed by atoms with E-state index in [1.807, 2.05) is 31.4 Å². The fourth-order valence-corrected chi connectivity index (χ4v) is 2.87. The quantitative estimate of drug-likeness (QED) is 0.817. The second-order valence-corrected chi connectivity index (χ2v) is 6.44. The molecule has 5 nitrogen and oxygen atoms in total. The zero-order chi connectivity index (χ0) is 16.7. The second-order valence-electron chi connectivity index (χ2n) is 5.50. The third-order valence-electron chi connectivity index (χ3n) is 3.47. The first-order valence-electron chi connectivity index (χ1n) is 7.65. The van der Waals surface area contributed by atoms with Crippen LogP contribution in [0.4, 0.5) is 4.79 Å². The number of benzene rings is 1. The van der Waals surface area contributed by atoms with Gasteiger partial charge in [-0.1, -0.05) is 12.1 Å². The van der Waals surface area contributed by atoms with E-state index >= 15 is 0 Å². The maximum absolute atomic E-state index is 11.9. The molecule has 0 spiro atoms. The van der Waals surface area contributed by atoms with Crippen molar-refractivity contribution in [2.45, 2.75) is 39.3 Å². The molecule has 2 N–H and O–H groups in total. The first-order chi connectivity index (χ1) is 11.1. The van der Waals surface area contributed by atoms with Crippen LogP contribution < -0.4 is 15.4 Å². The van der Waals surface area contributed by atoms with Crippen molar-refractivity contribution in [3.8, 4) is 5.75 Å². The molecule has 0 aliphatic rings. The molecule has 0 aliphatic heterocycles. The van der Waals surface area contributed by atoms with Crippen LogP contribution in [0.15, 0.2) is 29.6 Å². The number of hydrogen-bond acceptors (Lipinski definition) is 4. The van der Waals surface area contributed by atoms with Gasteiger partial charge in [0.25, 0.3) is 0 Å². The summed E-state index contributed by atoms with van der Waals surface area (Å²) in [4.78, 5) is 16.2. The zero-order valence-corrected chi connectivity index (χ0v) is 14.6. The van der Waals surface area contributed by atoms with Gasteiger partial charge >= 0.3 is 6.03 Å². The van der Waals surface area contributed by atoms with Crippen molar-refractivity contribution >= 4 is 17.4 Å². The Morgan fingerprint density at radius 2 is 2.09 bits per heavy atom. The summed E-state index contributed by atoms with van der Waals surface area (Å²) in [5, 5.41) is 8.69. The molecule has 2 amide bonds. The van der Waals surface area contributed by atoms with Gasteiger partial charge in [0, 0.05) is 17.1 Å². The van der Waals surface area contributed by atoms with Gasteiger partial charge in [0.1, 0.15) is 10.8 Å². The van der Waals surface area contributed by atoms with Crippen LogP contribution in [0.25, 0.3) is 0 Å². The van der Waals surface area contributed by atoms with Gasteiger partial charge in [-0.2, -0.15) is 0 Å². The minimum atomic E-state index is -0.153. The van der Waals surface area contributed by atoms with Crippen LogP contribution in [0.5, 0.6) is 5.75 Å². The number of amides is 2. The number of urea groups is 1. The number of carbonyl (C=O) groups is 1. The Balaban J connectivity index is 1.68. The summed E-state index contributed by atoms with van der Waals surface area (Å²) < 4.78 is 5.14. The molecule has 1 atom stereocenters. The molecule has 0 saturated heterocycles. The first-order valence-corrected chi connectivity index (χ1v) is 8.53. The Bertz CT molecular complexity index is 625. The maximum Gasteiger partial charge on any atom is 0.315 e. The largest absolute Gasteiger partial charge is 0.497 e. The molecule has 1 aromatic heterocycles. The number of thiazole rings is 1. The average Bonchev–Trinajstić information content (AvgIpc) is 2.97. The lowest BCUT2D eigenvalue weighted by Crippen LogP contribution is -2.40. The van der Waals surface area contributed by atoms with E-state index in [0.717, 1.165) is 29.3 Å². The van der Waals surface area contributed by atoms with Gasteiger partial charge < -0.3 is 15.4 Å². The van der Waals surface area contributed by atoms with Crippen LogP contribution in [0.2, 0.25) is 0 Å². The molecule has 0 saturated carbocycles. The molecule has 0 aliphatic carbocycles. The number of ether oxygens (including phenoxy) is 1. The summed E-state index contributed by atoms with van der Waals surface area (Å²) >= 11 is 1.56. The number of aryl methyl sites for hydroxylation is 2. The summed E-state index contributed by atoms with van der Waals surface area (Å²) in [6.45, 7) is 4.42. The molecule has 2 aromatic rings. The van der Waals surface area contributed by atoms with Crippen molar-refractivity contribution in [1.29, 1.82) is 0 Å². The molecule has 1 unspecified atom stereocenters. The van der Waals surface area contributed by atoms with Gasteiger partial charge in [-0.25, -0.2) is 9.78 Å². The van der Waals surface area contributed by atoms with Crippen molar-refractivity contribution in [1.82, 2.24) is 15.6 Å². The number of hydrogen-bond donors (Lipinski definition) is 2. The topological polar surface area (TPSA) is 63.2 Å². The Kier molecular flexibility index (Phi) is 6.40. The highest BCUT2D eigenvalue weighted by atomic mass is 32.1. The van der Waals surface area contributed by atoms with E-state index in [-0.39, 0.29) is 12.1 Å². The molecule has 0 fully saturated rings. The van der Waals surface area contributed by atoms with E-state index < -0.39 is 0 Å². The lowest BCUT2D eigenvalue weighted by Gasteiger charge is -2.14. The summed E-state index contributed by atoms with van der Waals surface area (Å²) in [5.41, 5.74) is 2.22. The van der Waals surface area contributed by atoms with Gasteiger partial charge in [0.05, 0.1) is 13.7 Å². The van der Waals surface area contributed by atoms with Crippen molar-refractivity contribution < 1.29 is 9.53 Å². The molecule has 2 rings (SSSR count). The second kappa shape index (κ2) is 8.53. The van der Waals surface area contributed by atoms with Crippen LogP contribution in [0, 0.1) is 6.92 Å². The molecule has 0 radical (unpaired) electrons. The highest BCUT2D eigenvalue weighted by Gasteiger charge is 2.08. The summed E-state index contributed by atoms with van der Waals surface area (Å²) in [7, 11) is 1.66. The first kappa shape index (κ1) is 17.3. The average molecular weight is 333 g/mol. The van der Waals surface area contributed by atoms with Crippen molar-refractivity contribution in [3.05, 3.63) is 45.9 Å².